The van der Waals surface area contributed by atoms with Crippen molar-refractivity contribution in [3.05, 3.63) is 28.4 Å². The summed E-state index contributed by atoms with van der Waals surface area (Å²) in [7, 11) is 1.30. The number of rotatable bonds is 1. The van der Waals surface area contributed by atoms with Gasteiger partial charge in [0.1, 0.15) is 5.60 Å². The highest BCUT2D eigenvalue weighted by molar-refractivity contribution is 9.10. The molecule has 0 fully saturated rings. The fourth-order valence-electron chi connectivity index (χ4n) is 1.77. The van der Waals surface area contributed by atoms with Gasteiger partial charge in [-0.1, -0.05) is 15.9 Å². The predicted octanol–water partition coefficient (Wildman–Crippen LogP) is 3.37. The van der Waals surface area contributed by atoms with E-state index in [9.17, 15) is 9.59 Å². The molecule has 0 atom stereocenters. The number of fused-ring (bicyclic) bond motifs is 1. The lowest BCUT2D eigenvalue weighted by Crippen LogP contribution is -2.27. The Morgan fingerprint density at radius 1 is 1.29 bits per heavy atom. The van der Waals surface area contributed by atoms with Crippen LogP contribution < -0.4 is 0 Å². The molecule has 6 nitrogen and oxygen atoms in total. The first kappa shape index (κ1) is 15.5. The van der Waals surface area contributed by atoms with Gasteiger partial charge in [0.15, 0.2) is 0 Å². The molecule has 0 aliphatic carbocycles. The molecule has 0 saturated heterocycles. The summed E-state index contributed by atoms with van der Waals surface area (Å²) in [4.78, 5) is 23.8. The van der Waals surface area contributed by atoms with E-state index < -0.39 is 17.7 Å². The molecule has 0 saturated carbocycles. The first-order valence-electron chi connectivity index (χ1n) is 6.22. The Balaban J connectivity index is 2.53. The van der Waals surface area contributed by atoms with Crippen molar-refractivity contribution < 1.29 is 19.1 Å². The Morgan fingerprint density at radius 3 is 2.52 bits per heavy atom. The molecular formula is C14H15BrN2O4. The van der Waals surface area contributed by atoms with E-state index in [0.717, 1.165) is 4.68 Å². The van der Waals surface area contributed by atoms with Crippen LogP contribution in [0.3, 0.4) is 0 Å². The monoisotopic (exact) mass is 354 g/mol. The van der Waals surface area contributed by atoms with Crippen LogP contribution in [-0.2, 0) is 9.47 Å². The molecule has 21 heavy (non-hydrogen) atoms. The number of hydrogen-bond acceptors (Lipinski definition) is 5. The normalized spacial score (nSPS) is 11.5. The van der Waals surface area contributed by atoms with Crippen molar-refractivity contribution in [2.75, 3.05) is 7.11 Å². The van der Waals surface area contributed by atoms with E-state index in [1.165, 1.54) is 13.3 Å². The lowest BCUT2D eigenvalue weighted by Gasteiger charge is -2.19. The second kappa shape index (κ2) is 5.48. The minimum atomic E-state index is -0.632. The summed E-state index contributed by atoms with van der Waals surface area (Å²) in [6.45, 7) is 5.31. The highest BCUT2D eigenvalue weighted by Crippen LogP contribution is 2.26. The van der Waals surface area contributed by atoms with Gasteiger partial charge in [0, 0.05) is 9.86 Å². The van der Waals surface area contributed by atoms with Crippen LogP contribution in [0.2, 0.25) is 0 Å². The van der Waals surface area contributed by atoms with Gasteiger partial charge in [-0.3, -0.25) is 0 Å². The zero-order valence-electron chi connectivity index (χ0n) is 12.1. The molecule has 0 bridgehead atoms. The largest absolute Gasteiger partial charge is 0.465 e. The SMILES string of the molecule is COC(=O)c1cc(Br)c2cnn(C(=O)OC(C)(C)C)c2c1. The van der Waals surface area contributed by atoms with Gasteiger partial charge in [-0.15, -0.1) is 0 Å². The van der Waals surface area contributed by atoms with Crippen LogP contribution in [0.4, 0.5) is 4.79 Å². The number of nitrogens with zero attached hydrogens (tertiary/aromatic N) is 2. The van der Waals surface area contributed by atoms with Gasteiger partial charge in [-0.05, 0) is 32.9 Å². The molecule has 0 amide bonds. The van der Waals surface area contributed by atoms with E-state index in [1.807, 2.05) is 0 Å². The van der Waals surface area contributed by atoms with Crippen molar-refractivity contribution in [3.8, 4) is 0 Å². The molecule has 7 heteroatoms. The van der Waals surface area contributed by atoms with Gasteiger partial charge in [0.25, 0.3) is 0 Å². The van der Waals surface area contributed by atoms with Gasteiger partial charge < -0.3 is 9.47 Å². The lowest BCUT2D eigenvalue weighted by molar-refractivity contribution is 0.0520. The van der Waals surface area contributed by atoms with Gasteiger partial charge in [-0.25, -0.2) is 9.59 Å². The quantitative estimate of drug-likeness (QED) is 0.734. The Hall–Kier alpha value is -1.89. The van der Waals surface area contributed by atoms with Crippen LogP contribution in [0.1, 0.15) is 31.1 Å². The summed E-state index contributed by atoms with van der Waals surface area (Å²) in [5.74, 6) is -0.491. The third-order valence-corrected chi connectivity index (χ3v) is 3.28. The lowest BCUT2D eigenvalue weighted by atomic mass is 10.1. The van der Waals surface area contributed by atoms with E-state index in [2.05, 4.69) is 21.0 Å². The van der Waals surface area contributed by atoms with Crippen LogP contribution in [0, 0.1) is 0 Å². The first-order valence-corrected chi connectivity index (χ1v) is 7.01. The van der Waals surface area contributed by atoms with Gasteiger partial charge in [0.2, 0.25) is 0 Å². The molecule has 2 rings (SSSR count). The third kappa shape index (κ3) is 3.24. The molecule has 0 aliphatic heterocycles. The second-order valence-corrected chi connectivity index (χ2v) is 6.27. The maximum absolute atomic E-state index is 12.1. The van der Waals surface area contributed by atoms with Crippen molar-refractivity contribution >= 4 is 38.9 Å². The Kier molecular flexibility index (Phi) is 4.04. The highest BCUT2D eigenvalue weighted by Gasteiger charge is 2.21. The summed E-state index contributed by atoms with van der Waals surface area (Å²) in [6.07, 6.45) is 0.927. The molecule has 2 aromatic rings. The van der Waals surface area contributed by atoms with E-state index in [0.29, 0.717) is 20.9 Å². The van der Waals surface area contributed by atoms with Crippen LogP contribution in [0.15, 0.2) is 22.8 Å². The van der Waals surface area contributed by atoms with Gasteiger partial charge >= 0.3 is 12.1 Å². The van der Waals surface area contributed by atoms with Crippen LogP contribution in [0.5, 0.6) is 0 Å². The second-order valence-electron chi connectivity index (χ2n) is 5.42. The minimum Gasteiger partial charge on any atom is -0.465 e. The number of ether oxygens (including phenoxy) is 2. The number of aromatic nitrogens is 2. The fourth-order valence-corrected chi connectivity index (χ4v) is 2.32. The zero-order valence-corrected chi connectivity index (χ0v) is 13.7. The number of methoxy groups -OCH3 is 1. The minimum absolute atomic E-state index is 0.321. The maximum Gasteiger partial charge on any atom is 0.435 e. The van der Waals surface area contributed by atoms with Gasteiger partial charge in [0.05, 0.1) is 24.4 Å². The maximum atomic E-state index is 12.1. The van der Waals surface area contributed by atoms with Gasteiger partial charge in [-0.2, -0.15) is 9.78 Å². The topological polar surface area (TPSA) is 70.4 Å². The molecule has 0 aliphatic rings. The summed E-state index contributed by atoms with van der Waals surface area (Å²) < 4.78 is 11.7. The zero-order chi connectivity index (χ0) is 15.8. The highest BCUT2D eigenvalue weighted by atomic mass is 79.9. The first-order chi connectivity index (χ1) is 9.73. The molecule has 0 unspecified atom stereocenters. The average molecular weight is 355 g/mol. The standard InChI is InChI=1S/C14H15BrN2O4/c1-14(2,3)21-13(19)17-11-6-8(12(18)20-4)5-10(15)9(11)7-16-17/h5-7H,1-4H3. The van der Waals surface area contributed by atoms with Crippen molar-refractivity contribution in [3.63, 3.8) is 0 Å². The van der Waals surface area contributed by atoms with Crippen LogP contribution in [0.25, 0.3) is 10.9 Å². The molecule has 1 aromatic carbocycles. The Bertz CT molecular complexity index is 716. The average Bonchev–Trinajstić information content (AvgIpc) is 2.80. The molecule has 0 radical (unpaired) electrons. The molecule has 1 heterocycles. The van der Waals surface area contributed by atoms with E-state index in [1.54, 1.807) is 32.9 Å². The van der Waals surface area contributed by atoms with Crippen molar-refractivity contribution in [1.29, 1.82) is 0 Å². The Morgan fingerprint density at radius 2 is 1.95 bits per heavy atom. The molecule has 1 aromatic heterocycles. The Labute approximate surface area is 130 Å². The summed E-state index contributed by atoms with van der Waals surface area (Å²) in [6, 6.07) is 3.16. The number of carbonyl (C=O) groups excluding carboxylic acids is 2. The van der Waals surface area contributed by atoms with E-state index >= 15 is 0 Å². The number of esters is 1. The van der Waals surface area contributed by atoms with E-state index in [4.69, 9.17) is 9.47 Å². The molecule has 0 N–H and O–H groups in total. The van der Waals surface area contributed by atoms with E-state index in [-0.39, 0.29) is 0 Å². The van der Waals surface area contributed by atoms with Crippen molar-refractivity contribution in [2.24, 2.45) is 0 Å². The molecule has 112 valence electrons. The van der Waals surface area contributed by atoms with Crippen molar-refractivity contribution in [2.45, 2.75) is 26.4 Å². The van der Waals surface area contributed by atoms with Crippen LogP contribution in [-0.4, -0.2) is 34.6 Å². The summed E-state index contributed by atoms with van der Waals surface area (Å²) >= 11 is 3.36. The van der Waals surface area contributed by atoms with Crippen molar-refractivity contribution in [1.82, 2.24) is 9.78 Å². The number of hydrogen-bond donors (Lipinski definition) is 0. The summed E-state index contributed by atoms with van der Waals surface area (Å²) in [5.41, 5.74) is 0.160. The molecule has 0 spiro atoms. The smallest absolute Gasteiger partial charge is 0.435 e. The number of benzene rings is 1. The number of carbonyl (C=O) groups is 2. The molecular weight excluding hydrogens is 340 g/mol. The number of halogens is 1. The summed E-state index contributed by atoms with van der Waals surface area (Å²) in [5, 5.41) is 4.73. The van der Waals surface area contributed by atoms with Crippen LogP contribution >= 0.6 is 15.9 Å². The predicted molar refractivity (Wildman–Crippen MR) is 80.4 cm³/mol. The third-order valence-electron chi connectivity index (χ3n) is 2.63. The fraction of sp³-hybridized carbons (Fsp3) is 0.357.